The molecule has 1 N–H and O–H groups in total. The standard InChI is InChI=1S/C15H23N3O4S/c1-17-6-8-18(9-7-17)23(19,20)16-13-10-12-4-3-5-14(21-2)15(12)22-11-13/h3-5,13,16H,6-11H2,1-2H3. The van der Waals surface area contributed by atoms with Crippen molar-refractivity contribution >= 4 is 10.2 Å². The molecule has 1 aromatic carbocycles. The second-order valence-corrected chi connectivity index (χ2v) is 7.69. The molecule has 0 bridgehead atoms. The maximum Gasteiger partial charge on any atom is 0.279 e. The number of piperazine rings is 1. The molecule has 2 heterocycles. The minimum atomic E-state index is -3.48. The highest BCUT2D eigenvalue weighted by Crippen LogP contribution is 2.34. The van der Waals surface area contributed by atoms with Gasteiger partial charge >= 0.3 is 0 Å². The summed E-state index contributed by atoms with van der Waals surface area (Å²) in [6.45, 7) is 2.85. The van der Waals surface area contributed by atoms with E-state index < -0.39 is 10.2 Å². The monoisotopic (exact) mass is 341 g/mol. The van der Waals surface area contributed by atoms with Crippen molar-refractivity contribution in [3.05, 3.63) is 23.8 Å². The molecule has 2 aliphatic heterocycles. The zero-order chi connectivity index (χ0) is 16.4. The SMILES string of the molecule is COc1cccc2c1OCC(NS(=O)(=O)N1CCN(C)CC1)C2. The second kappa shape index (κ2) is 6.64. The van der Waals surface area contributed by atoms with Gasteiger partial charge in [-0.25, -0.2) is 0 Å². The fraction of sp³-hybridized carbons (Fsp3) is 0.600. The highest BCUT2D eigenvalue weighted by atomic mass is 32.2. The van der Waals surface area contributed by atoms with Crippen LogP contribution in [0, 0.1) is 0 Å². The zero-order valence-electron chi connectivity index (χ0n) is 13.5. The lowest BCUT2D eigenvalue weighted by Gasteiger charge is -2.33. The van der Waals surface area contributed by atoms with Gasteiger partial charge < -0.3 is 14.4 Å². The number of methoxy groups -OCH3 is 1. The van der Waals surface area contributed by atoms with Gasteiger partial charge in [-0.05, 0) is 25.1 Å². The first-order chi connectivity index (χ1) is 11.0. The van der Waals surface area contributed by atoms with E-state index in [4.69, 9.17) is 9.47 Å². The molecular formula is C15H23N3O4S. The number of hydrogen-bond acceptors (Lipinski definition) is 5. The molecule has 3 rings (SSSR count). The predicted molar refractivity (Wildman–Crippen MR) is 87.1 cm³/mol. The fourth-order valence-electron chi connectivity index (χ4n) is 2.94. The lowest BCUT2D eigenvalue weighted by molar-refractivity contribution is 0.213. The molecule has 1 saturated heterocycles. The van der Waals surface area contributed by atoms with Crippen molar-refractivity contribution in [2.45, 2.75) is 12.5 Å². The summed E-state index contributed by atoms with van der Waals surface area (Å²) in [6, 6.07) is 5.40. The molecule has 1 atom stereocenters. The van der Waals surface area contributed by atoms with Crippen LogP contribution in [0.4, 0.5) is 0 Å². The summed E-state index contributed by atoms with van der Waals surface area (Å²) in [7, 11) is 0.116. The lowest BCUT2D eigenvalue weighted by Crippen LogP contribution is -2.54. The van der Waals surface area contributed by atoms with Crippen LogP contribution in [0.1, 0.15) is 5.56 Å². The normalized spacial score (nSPS) is 23.1. The van der Waals surface area contributed by atoms with Crippen molar-refractivity contribution in [3.8, 4) is 11.5 Å². The molecular weight excluding hydrogens is 318 g/mol. The van der Waals surface area contributed by atoms with Gasteiger partial charge in [-0.3, -0.25) is 0 Å². The number of nitrogens with zero attached hydrogens (tertiary/aromatic N) is 2. The van der Waals surface area contributed by atoms with Crippen molar-refractivity contribution in [2.24, 2.45) is 0 Å². The van der Waals surface area contributed by atoms with Crippen LogP contribution in [0.3, 0.4) is 0 Å². The van der Waals surface area contributed by atoms with Crippen LogP contribution in [0.15, 0.2) is 18.2 Å². The Bertz CT molecular complexity index is 657. The molecule has 0 spiro atoms. The number of nitrogens with one attached hydrogen (secondary N) is 1. The Labute approximate surface area is 137 Å². The quantitative estimate of drug-likeness (QED) is 0.840. The van der Waals surface area contributed by atoms with Gasteiger partial charge in [-0.1, -0.05) is 12.1 Å². The van der Waals surface area contributed by atoms with Crippen LogP contribution < -0.4 is 14.2 Å². The minimum Gasteiger partial charge on any atom is -0.493 e. The first-order valence-electron chi connectivity index (χ1n) is 7.74. The summed E-state index contributed by atoms with van der Waals surface area (Å²) in [5, 5.41) is 0. The van der Waals surface area contributed by atoms with Crippen LogP contribution in [0.5, 0.6) is 11.5 Å². The maximum absolute atomic E-state index is 12.5. The van der Waals surface area contributed by atoms with Gasteiger partial charge in [0.25, 0.3) is 10.2 Å². The summed E-state index contributed by atoms with van der Waals surface area (Å²) in [5.41, 5.74) is 0.960. The molecule has 2 aliphatic rings. The summed E-state index contributed by atoms with van der Waals surface area (Å²) in [5.74, 6) is 1.40. The number of para-hydroxylation sites is 1. The van der Waals surface area contributed by atoms with E-state index in [1.807, 2.05) is 25.2 Å². The van der Waals surface area contributed by atoms with Gasteiger partial charge in [-0.15, -0.1) is 0 Å². The second-order valence-electron chi connectivity index (χ2n) is 5.99. The number of ether oxygens (including phenoxy) is 2. The lowest BCUT2D eigenvalue weighted by atomic mass is 10.0. The molecule has 0 aliphatic carbocycles. The summed E-state index contributed by atoms with van der Waals surface area (Å²) >= 11 is 0. The highest BCUT2D eigenvalue weighted by Gasteiger charge is 2.31. The van der Waals surface area contributed by atoms with Crippen molar-refractivity contribution in [3.63, 3.8) is 0 Å². The van der Waals surface area contributed by atoms with Crippen molar-refractivity contribution in [1.82, 2.24) is 13.9 Å². The van der Waals surface area contributed by atoms with Crippen molar-refractivity contribution in [1.29, 1.82) is 0 Å². The van der Waals surface area contributed by atoms with Crippen LogP contribution in [-0.2, 0) is 16.6 Å². The summed E-state index contributed by atoms with van der Waals surface area (Å²) < 4.78 is 40.3. The average Bonchev–Trinajstić information content (AvgIpc) is 2.54. The van der Waals surface area contributed by atoms with Crippen LogP contribution in [0.25, 0.3) is 0 Å². The first-order valence-corrected chi connectivity index (χ1v) is 9.18. The topological polar surface area (TPSA) is 71.1 Å². The van der Waals surface area contributed by atoms with E-state index in [1.165, 1.54) is 4.31 Å². The van der Waals surface area contributed by atoms with E-state index in [1.54, 1.807) is 7.11 Å². The maximum atomic E-state index is 12.5. The third kappa shape index (κ3) is 3.60. The van der Waals surface area contributed by atoms with Gasteiger partial charge in [0.2, 0.25) is 0 Å². The van der Waals surface area contributed by atoms with Gasteiger partial charge in [-0.2, -0.15) is 17.4 Å². The molecule has 0 radical (unpaired) electrons. The Balaban J connectivity index is 1.67. The summed E-state index contributed by atoms with van der Waals surface area (Å²) in [4.78, 5) is 2.12. The molecule has 1 aromatic rings. The number of hydrogen-bond donors (Lipinski definition) is 1. The van der Waals surface area contributed by atoms with Crippen LogP contribution in [0.2, 0.25) is 0 Å². The molecule has 0 aromatic heterocycles. The van der Waals surface area contributed by atoms with E-state index in [9.17, 15) is 8.42 Å². The average molecular weight is 341 g/mol. The third-order valence-electron chi connectivity index (χ3n) is 4.29. The number of likely N-dealkylation sites (N-methyl/N-ethyl adjacent to an activating group) is 1. The smallest absolute Gasteiger partial charge is 0.279 e. The Morgan fingerprint density at radius 2 is 2.00 bits per heavy atom. The predicted octanol–water partition coefficient (Wildman–Crippen LogP) is 0.0805. The Morgan fingerprint density at radius 3 is 2.70 bits per heavy atom. The third-order valence-corrected chi connectivity index (χ3v) is 5.97. The van der Waals surface area contributed by atoms with Gasteiger partial charge in [0.1, 0.15) is 6.61 Å². The highest BCUT2D eigenvalue weighted by molar-refractivity contribution is 7.87. The summed E-state index contributed by atoms with van der Waals surface area (Å²) in [6.07, 6.45) is 0.597. The Morgan fingerprint density at radius 1 is 1.26 bits per heavy atom. The minimum absolute atomic E-state index is 0.265. The van der Waals surface area contributed by atoms with E-state index in [-0.39, 0.29) is 6.04 Å². The molecule has 7 nitrogen and oxygen atoms in total. The fourth-order valence-corrected chi connectivity index (χ4v) is 4.31. The van der Waals surface area contributed by atoms with Crippen molar-refractivity contribution in [2.75, 3.05) is 46.9 Å². The molecule has 128 valence electrons. The molecule has 0 saturated carbocycles. The van der Waals surface area contributed by atoms with Crippen molar-refractivity contribution < 1.29 is 17.9 Å². The molecule has 1 fully saturated rings. The van der Waals surface area contributed by atoms with Crippen LogP contribution in [-0.4, -0.2) is 70.6 Å². The van der Waals surface area contributed by atoms with E-state index in [2.05, 4.69) is 9.62 Å². The Hall–Kier alpha value is -1.35. The van der Waals surface area contributed by atoms with Gasteiger partial charge in [0, 0.05) is 26.2 Å². The zero-order valence-corrected chi connectivity index (χ0v) is 14.3. The van der Waals surface area contributed by atoms with Crippen LogP contribution >= 0.6 is 0 Å². The largest absolute Gasteiger partial charge is 0.493 e. The number of rotatable bonds is 4. The number of benzene rings is 1. The molecule has 8 heteroatoms. The molecule has 1 unspecified atom stereocenters. The van der Waals surface area contributed by atoms with E-state index >= 15 is 0 Å². The van der Waals surface area contributed by atoms with E-state index in [0.29, 0.717) is 37.6 Å². The van der Waals surface area contributed by atoms with E-state index in [0.717, 1.165) is 18.7 Å². The number of fused-ring (bicyclic) bond motifs is 1. The molecule has 23 heavy (non-hydrogen) atoms. The Kier molecular flexibility index (Phi) is 4.77. The molecule has 0 amide bonds. The van der Waals surface area contributed by atoms with Gasteiger partial charge in [0.15, 0.2) is 11.5 Å². The first kappa shape index (κ1) is 16.5. The van der Waals surface area contributed by atoms with Gasteiger partial charge in [0.05, 0.1) is 13.2 Å².